The third-order valence-electron chi connectivity index (χ3n) is 3.01. The van der Waals surface area contributed by atoms with E-state index in [0.29, 0.717) is 5.92 Å². The highest BCUT2D eigenvalue weighted by Gasteiger charge is 2.24. The van der Waals surface area contributed by atoms with Gasteiger partial charge in [-0.05, 0) is 36.2 Å². The Bertz CT molecular complexity index is 376. The molecule has 0 heterocycles. The number of nitrogens with one attached hydrogen (secondary N) is 2. The van der Waals surface area contributed by atoms with Gasteiger partial charge in [0.2, 0.25) is 0 Å². The number of hydrogen-bond acceptors (Lipinski definition) is 1. The molecule has 3 heteroatoms. The Morgan fingerprint density at radius 3 is 2.94 bits per heavy atom. The molecule has 0 fully saturated rings. The van der Waals surface area contributed by atoms with Crippen LogP contribution in [0, 0.1) is 0 Å². The van der Waals surface area contributed by atoms with Gasteiger partial charge in [0.1, 0.15) is 0 Å². The van der Waals surface area contributed by atoms with Crippen LogP contribution in [0.4, 0.5) is 0 Å². The molecule has 0 spiro atoms. The third kappa shape index (κ3) is 2.53. The van der Waals surface area contributed by atoms with Crippen LogP contribution in [0.2, 0.25) is 0 Å². The zero-order chi connectivity index (χ0) is 11.4. The molecule has 0 aliphatic heterocycles. The van der Waals surface area contributed by atoms with Gasteiger partial charge in [-0.1, -0.05) is 31.2 Å². The summed E-state index contributed by atoms with van der Waals surface area (Å²) in [5, 5.41) is 7.24. The molecule has 1 aromatic carbocycles. The molecule has 0 radical (unpaired) electrons. The van der Waals surface area contributed by atoms with Crippen molar-refractivity contribution in [1.29, 1.82) is 0 Å². The molecule has 0 aromatic heterocycles. The summed E-state index contributed by atoms with van der Waals surface area (Å²) in [7, 11) is 0. The van der Waals surface area contributed by atoms with E-state index in [2.05, 4.69) is 41.8 Å². The lowest BCUT2D eigenvalue weighted by atomic mass is 9.78. The molecule has 0 amide bonds. The molecule has 1 aliphatic rings. The van der Waals surface area contributed by atoms with Crippen LogP contribution < -0.4 is 10.6 Å². The van der Waals surface area contributed by atoms with Gasteiger partial charge in [-0.2, -0.15) is 0 Å². The van der Waals surface area contributed by atoms with Crippen LogP contribution in [0.25, 0.3) is 0 Å². The molecule has 0 saturated carbocycles. The van der Waals surface area contributed by atoms with Crippen LogP contribution in [-0.2, 0) is 6.42 Å². The van der Waals surface area contributed by atoms with Crippen molar-refractivity contribution in [1.82, 2.24) is 10.6 Å². The van der Waals surface area contributed by atoms with Crippen LogP contribution >= 0.6 is 12.2 Å². The molecule has 1 atom stereocenters. The maximum absolute atomic E-state index is 5.19. The molecular weight excluding hydrogens is 216 g/mol. The second-order valence-electron chi connectivity index (χ2n) is 4.24. The summed E-state index contributed by atoms with van der Waals surface area (Å²) >= 11 is 5.19. The quantitative estimate of drug-likeness (QED) is 0.781. The maximum Gasteiger partial charge on any atom is 0.166 e. The highest BCUT2D eigenvalue weighted by atomic mass is 32.1. The van der Waals surface area contributed by atoms with Crippen molar-refractivity contribution >= 4 is 17.3 Å². The number of hydrogen-bond donors (Lipinski definition) is 2. The van der Waals surface area contributed by atoms with E-state index in [4.69, 9.17) is 12.2 Å². The van der Waals surface area contributed by atoms with E-state index in [-0.39, 0.29) is 0 Å². The van der Waals surface area contributed by atoms with Gasteiger partial charge in [-0.3, -0.25) is 0 Å². The average Bonchev–Trinajstić information content (AvgIpc) is 2.27. The van der Waals surface area contributed by atoms with Gasteiger partial charge in [0.05, 0.1) is 0 Å². The number of benzene rings is 1. The lowest BCUT2D eigenvalue weighted by molar-refractivity contribution is 0.587. The van der Waals surface area contributed by atoms with E-state index in [1.807, 2.05) is 0 Å². The zero-order valence-corrected chi connectivity index (χ0v) is 10.4. The lowest BCUT2D eigenvalue weighted by Gasteiger charge is -2.30. The van der Waals surface area contributed by atoms with Crippen LogP contribution in [0.1, 0.15) is 30.4 Å². The fourth-order valence-electron chi connectivity index (χ4n) is 2.06. The Kier molecular flexibility index (Phi) is 3.78. The van der Waals surface area contributed by atoms with Crippen LogP contribution in [0.15, 0.2) is 24.3 Å². The summed E-state index contributed by atoms with van der Waals surface area (Å²) in [4.78, 5) is 0. The number of fused-ring (bicyclic) bond motifs is 1. The molecule has 1 aromatic rings. The molecule has 0 saturated heterocycles. The fraction of sp³-hybridized carbons (Fsp3) is 0.462. The van der Waals surface area contributed by atoms with Crippen molar-refractivity contribution in [3.8, 4) is 0 Å². The third-order valence-corrected chi connectivity index (χ3v) is 3.29. The topological polar surface area (TPSA) is 24.1 Å². The van der Waals surface area contributed by atoms with Gasteiger partial charge >= 0.3 is 0 Å². The molecule has 86 valence electrons. The van der Waals surface area contributed by atoms with E-state index in [1.54, 1.807) is 0 Å². The van der Waals surface area contributed by atoms with E-state index < -0.39 is 0 Å². The summed E-state index contributed by atoms with van der Waals surface area (Å²) in [5.41, 5.74) is 2.97. The predicted octanol–water partition coefficient (Wildman–Crippen LogP) is 2.20. The first-order valence-corrected chi connectivity index (χ1v) is 6.31. The second-order valence-corrected chi connectivity index (χ2v) is 4.64. The Morgan fingerprint density at radius 1 is 1.38 bits per heavy atom. The van der Waals surface area contributed by atoms with Crippen LogP contribution in [-0.4, -0.2) is 18.2 Å². The molecule has 2 nitrogen and oxygen atoms in total. The Labute approximate surface area is 102 Å². The monoisotopic (exact) mass is 234 g/mol. The first-order chi connectivity index (χ1) is 7.81. The van der Waals surface area contributed by atoms with Crippen molar-refractivity contribution in [2.24, 2.45) is 0 Å². The number of thiocarbonyl (C=S) groups is 1. The SMILES string of the molecule is CCCNC(=S)NCC1Cc2ccccc21. The lowest BCUT2D eigenvalue weighted by Crippen LogP contribution is -2.39. The molecule has 1 aliphatic carbocycles. The Morgan fingerprint density at radius 2 is 2.19 bits per heavy atom. The fourth-order valence-corrected chi connectivity index (χ4v) is 2.25. The molecular formula is C13H18N2S. The first kappa shape index (κ1) is 11.4. The van der Waals surface area contributed by atoms with Gasteiger partial charge in [0, 0.05) is 19.0 Å². The van der Waals surface area contributed by atoms with E-state index >= 15 is 0 Å². The Hall–Kier alpha value is -1.09. The summed E-state index contributed by atoms with van der Waals surface area (Å²) in [6.45, 7) is 4.04. The molecule has 2 rings (SSSR count). The summed E-state index contributed by atoms with van der Waals surface area (Å²) < 4.78 is 0. The van der Waals surface area contributed by atoms with Crippen LogP contribution in [0.3, 0.4) is 0 Å². The minimum absolute atomic E-state index is 0.637. The average molecular weight is 234 g/mol. The normalized spacial score (nSPS) is 17.2. The van der Waals surface area contributed by atoms with E-state index in [9.17, 15) is 0 Å². The highest BCUT2D eigenvalue weighted by Crippen LogP contribution is 2.33. The summed E-state index contributed by atoms with van der Waals surface area (Å²) in [6, 6.07) is 8.64. The molecule has 0 bridgehead atoms. The van der Waals surface area contributed by atoms with Crippen molar-refractivity contribution in [2.45, 2.75) is 25.7 Å². The first-order valence-electron chi connectivity index (χ1n) is 5.90. The minimum atomic E-state index is 0.637. The van der Waals surface area contributed by atoms with Crippen molar-refractivity contribution in [2.75, 3.05) is 13.1 Å². The number of rotatable bonds is 4. The summed E-state index contributed by atoms with van der Waals surface area (Å²) in [5.74, 6) is 0.637. The molecule has 16 heavy (non-hydrogen) atoms. The summed E-state index contributed by atoms with van der Waals surface area (Å²) in [6.07, 6.45) is 2.29. The zero-order valence-electron chi connectivity index (χ0n) is 9.62. The molecule has 1 unspecified atom stereocenters. The van der Waals surface area contributed by atoms with Crippen molar-refractivity contribution < 1.29 is 0 Å². The van der Waals surface area contributed by atoms with Gasteiger partial charge in [-0.15, -0.1) is 0 Å². The van der Waals surface area contributed by atoms with Gasteiger partial charge in [-0.25, -0.2) is 0 Å². The van der Waals surface area contributed by atoms with Gasteiger partial charge in [0.15, 0.2) is 5.11 Å². The highest BCUT2D eigenvalue weighted by molar-refractivity contribution is 7.80. The van der Waals surface area contributed by atoms with Crippen LogP contribution in [0.5, 0.6) is 0 Å². The second kappa shape index (κ2) is 5.30. The van der Waals surface area contributed by atoms with Crippen molar-refractivity contribution in [3.05, 3.63) is 35.4 Å². The standard InChI is InChI=1S/C13H18N2S/c1-2-7-14-13(16)15-9-11-8-10-5-3-4-6-12(10)11/h3-6,11H,2,7-9H2,1H3,(H2,14,15,16). The van der Waals surface area contributed by atoms with E-state index in [1.165, 1.54) is 17.5 Å². The van der Waals surface area contributed by atoms with Crippen molar-refractivity contribution in [3.63, 3.8) is 0 Å². The largest absolute Gasteiger partial charge is 0.363 e. The van der Waals surface area contributed by atoms with Gasteiger partial charge < -0.3 is 10.6 Å². The predicted molar refractivity (Wildman–Crippen MR) is 71.8 cm³/mol. The molecule has 2 N–H and O–H groups in total. The Balaban J connectivity index is 1.75. The minimum Gasteiger partial charge on any atom is -0.363 e. The van der Waals surface area contributed by atoms with Gasteiger partial charge in [0.25, 0.3) is 0 Å². The van der Waals surface area contributed by atoms with E-state index in [0.717, 1.165) is 24.6 Å². The maximum atomic E-state index is 5.19. The smallest absolute Gasteiger partial charge is 0.166 e.